The average Bonchev–Trinajstić information content (AvgIpc) is 2.56. The SMILES string of the molecule is CCCc1c(C)n(C)n(-c2ccc(F)cc2)c1=O. The molecular formula is C14H17FN2O. The van der Waals surface area contributed by atoms with Gasteiger partial charge >= 0.3 is 0 Å². The van der Waals surface area contributed by atoms with Crippen LogP contribution < -0.4 is 5.56 Å². The topological polar surface area (TPSA) is 26.9 Å². The van der Waals surface area contributed by atoms with E-state index in [1.54, 1.807) is 16.8 Å². The fraction of sp³-hybridized carbons (Fsp3) is 0.357. The molecule has 0 unspecified atom stereocenters. The van der Waals surface area contributed by atoms with Gasteiger partial charge in [-0.3, -0.25) is 9.48 Å². The number of benzene rings is 1. The molecule has 1 heterocycles. The van der Waals surface area contributed by atoms with E-state index in [2.05, 4.69) is 0 Å². The van der Waals surface area contributed by atoms with Crippen molar-refractivity contribution in [1.82, 2.24) is 9.36 Å². The Hall–Kier alpha value is -1.84. The summed E-state index contributed by atoms with van der Waals surface area (Å²) in [5.74, 6) is -0.300. The van der Waals surface area contributed by atoms with Gasteiger partial charge in [0, 0.05) is 18.3 Å². The maximum atomic E-state index is 12.9. The standard InChI is InChI=1S/C14H17FN2O/c1-4-5-13-10(2)16(3)17(14(13)18)12-8-6-11(15)7-9-12/h6-9H,4-5H2,1-3H3. The molecule has 0 saturated carbocycles. The molecule has 4 heteroatoms. The number of hydrogen-bond acceptors (Lipinski definition) is 1. The second-order valence-electron chi connectivity index (χ2n) is 4.43. The van der Waals surface area contributed by atoms with Crippen molar-refractivity contribution in [3.8, 4) is 5.69 Å². The highest BCUT2D eigenvalue weighted by Crippen LogP contribution is 2.12. The van der Waals surface area contributed by atoms with E-state index in [0.717, 1.165) is 24.1 Å². The zero-order chi connectivity index (χ0) is 13.3. The van der Waals surface area contributed by atoms with E-state index in [0.29, 0.717) is 5.69 Å². The first kappa shape index (κ1) is 12.6. The third-order valence-corrected chi connectivity index (χ3v) is 3.24. The van der Waals surface area contributed by atoms with Crippen LogP contribution in [0.15, 0.2) is 29.1 Å². The molecule has 0 amide bonds. The second-order valence-corrected chi connectivity index (χ2v) is 4.43. The molecule has 0 N–H and O–H groups in total. The van der Waals surface area contributed by atoms with E-state index in [1.807, 2.05) is 25.6 Å². The summed E-state index contributed by atoms with van der Waals surface area (Å²) in [4.78, 5) is 12.3. The van der Waals surface area contributed by atoms with Crippen molar-refractivity contribution in [1.29, 1.82) is 0 Å². The predicted molar refractivity (Wildman–Crippen MR) is 69.7 cm³/mol. The summed E-state index contributed by atoms with van der Waals surface area (Å²) in [6.07, 6.45) is 1.70. The molecule has 1 aromatic heterocycles. The summed E-state index contributed by atoms with van der Waals surface area (Å²) >= 11 is 0. The van der Waals surface area contributed by atoms with Crippen LogP contribution in [0.5, 0.6) is 0 Å². The highest BCUT2D eigenvalue weighted by molar-refractivity contribution is 5.33. The van der Waals surface area contributed by atoms with Gasteiger partial charge < -0.3 is 0 Å². The average molecular weight is 248 g/mol. The lowest BCUT2D eigenvalue weighted by Gasteiger charge is -2.07. The zero-order valence-electron chi connectivity index (χ0n) is 10.9. The predicted octanol–water partition coefficient (Wildman–Crippen LogP) is 2.58. The molecule has 0 spiro atoms. The molecular weight excluding hydrogens is 231 g/mol. The van der Waals surface area contributed by atoms with Crippen LogP contribution in [-0.2, 0) is 13.5 Å². The van der Waals surface area contributed by atoms with Crippen LogP contribution in [0.2, 0.25) is 0 Å². The van der Waals surface area contributed by atoms with Crippen LogP contribution in [0.25, 0.3) is 5.69 Å². The van der Waals surface area contributed by atoms with Crippen LogP contribution in [0.4, 0.5) is 4.39 Å². The molecule has 2 aromatic rings. The van der Waals surface area contributed by atoms with Crippen LogP contribution in [-0.4, -0.2) is 9.36 Å². The third kappa shape index (κ3) is 1.98. The lowest BCUT2D eigenvalue weighted by molar-refractivity contribution is 0.615. The van der Waals surface area contributed by atoms with Crippen molar-refractivity contribution in [3.05, 3.63) is 51.7 Å². The Morgan fingerprint density at radius 3 is 2.39 bits per heavy atom. The van der Waals surface area contributed by atoms with Crippen molar-refractivity contribution in [2.45, 2.75) is 26.7 Å². The molecule has 0 radical (unpaired) electrons. The molecule has 0 aliphatic heterocycles. The van der Waals surface area contributed by atoms with Gasteiger partial charge in [0.15, 0.2) is 0 Å². The van der Waals surface area contributed by atoms with Gasteiger partial charge in [0.2, 0.25) is 0 Å². The molecule has 1 aromatic carbocycles. The molecule has 2 rings (SSSR count). The number of hydrogen-bond donors (Lipinski definition) is 0. The third-order valence-electron chi connectivity index (χ3n) is 3.24. The highest BCUT2D eigenvalue weighted by Gasteiger charge is 2.14. The lowest BCUT2D eigenvalue weighted by Crippen LogP contribution is -2.21. The van der Waals surface area contributed by atoms with Gasteiger partial charge in [-0.25, -0.2) is 9.07 Å². The highest BCUT2D eigenvalue weighted by atomic mass is 19.1. The van der Waals surface area contributed by atoms with Crippen molar-refractivity contribution >= 4 is 0 Å². The molecule has 0 aliphatic rings. The summed E-state index contributed by atoms with van der Waals surface area (Å²) in [7, 11) is 1.85. The monoisotopic (exact) mass is 248 g/mol. The Bertz CT molecular complexity index is 608. The zero-order valence-corrected chi connectivity index (χ0v) is 10.9. The Labute approximate surface area is 105 Å². The molecule has 0 saturated heterocycles. The van der Waals surface area contributed by atoms with Crippen molar-refractivity contribution < 1.29 is 4.39 Å². The summed E-state index contributed by atoms with van der Waals surface area (Å²) in [5, 5.41) is 0. The lowest BCUT2D eigenvalue weighted by atomic mass is 10.1. The first-order chi connectivity index (χ1) is 8.56. The van der Waals surface area contributed by atoms with E-state index in [-0.39, 0.29) is 11.4 Å². The molecule has 0 bridgehead atoms. The largest absolute Gasteiger partial charge is 0.285 e. The summed E-state index contributed by atoms with van der Waals surface area (Å²) in [6.45, 7) is 3.99. The molecule has 0 aliphatic carbocycles. The van der Waals surface area contributed by atoms with Crippen LogP contribution in [0, 0.1) is 12.7 Å². The van der Waals surface area contributed by atoms with Crippen molar-refractivity contribution in [2.75, 3.05) is 0 Å². The summed E-state index contributed by atoms with van der Waals surface area (Å²) in [5.41, 5.74) is 2.48. The van der Waals surface area contributed by atoms with Gasteiger partial charge in [0.1, 0.15) is 5.82 Å². The number of nitrogens with zero attached hydrogens (tertiary/aromatic N) is 2. The minimum absolute atomic E-state index is 0.0107. The Morgan fingerprint density at radius 2 is 1.83 bits per heavy atom. The Morgan fingerprint density at radius 1 is 1.22 bits per heavy atom. The van der Waals surface area contributed by atoms with Crippen molar-refractivity contribution in [2.24, 2.45) is 7.05 Å². The number of halogens is 1. The van der Waals surface area contributed by atoms with Gasteiger partial charge in [-0.05, 0) is 37.6 Å². The fourth-order valence-corrected chi connectivity index (χ4v) is 2.17. The first-order valence-electron chi connectivity index (χ1n) is 6.09. The molecule has 18 heavy (non-hydrogen) atoms. The molecule has 0 atom stereocenters. The maximum absolute atomic E-state index is 12.9. The normalized spacial score (nSPS) is 10.9. The van der Waals surface area contributed by atoms with Crippen LogP contribution in [0.3, 0.4) is 0 Å². The summed E-state index contributed by atoms with van der Waals surface area (Å²) < 4.78 is 16.3. The smallest absolute Gasteiger partial charge is 0.274 e. The maximum Gasteiger partial charge on any atom is 0.274 e. The molecule has 3 nitrogen and oxygen atoms in total. The van der Waals surface area contributed by atoms with Gasteiger partial charge in [0.05, 0.1) is 5.69 Å². The van der Waals surface area contributed by atoms with Crippen molar-refractivity contribution in [3.63, 3.8) is 0 Å². The first-order valence-corrected chi connectivity index (χ1v) is 6.09. The van der Waals surface area contributed by atoms with Gasteiger partial charge in [-0.2, -0.15) is 0 Å². The Kier molecular flexibility index (Phi) is 3.36. The van der Waals surface area contributed by atoms with Crippen LogP contribution >= 0.6 is 0 Å². The van der Waals surface area contributed by atoms with E-state index >= 15 is 0 Å². The second kappa shape index (κ2) is 4.80. The van der Waals surface area contributed by atoms with Crippen LogP contribution in [0.1, 0.15) is 24.6 Å². The van der Waals surface area contributed by atoms with E-state index in [1.165, 1.54) is 12.1 Å². The van der Waals surface area contributed by atoms with E-state index < -0.39 is 0 Å². The van der Waals surface area contributed by atoms with E-state index in [4.69, 9.17) is 0 Å². The minimum Gasteiger partial charge on any atom is -0.285 e. The minimum atomic E-state index is -0.300. The fourth-order valence-electron chi connectivity index (χ4n) is 2.17. The Balaban J connectivity index is 2.61. The molecule has 0 fully saturated rings. The van der Waals surface area contributed by atoms with E-state index in [9.17, 15) is 9.18 Å². The van der Waals surface area contributed by atoms with Gasteiger partial charge in [-0.1, -0.05) is 13.3 Å². The van der Waals surface area contributed by atoms with Gasteiger partial charge in [0.25, 0.3) is 5.56 Å². The quantitative estimate of drug-likeness (QED) is 0.820. The summed E-state index contributed by atoms with van der Waals surface area (Å²) in [6, 6.07) is 5.96. The number of rotatable bonds is 3. The van der Waals surface area contributed by atoms with Gasteiger partial charge in [-0.15, -0.1) is 0 Å². The number of aromatic nitrogens is 2. The molecule has 96 valence electrons.